The zero-order valence-corrected chi connectivity index (χ0v) is 15.7. The first-order valence-electron chi connectivity index (χ1n) is 9.28. The van der Waals surface area contributed by atoms with Crippen LogP contribution >= 0.6 is 0 Å². The number of morpholine rings is 1. The number of fused-ring (bicyclic) bond motifs is 5. The third-order valence-electron chi connectivity index (χ3n) is 6.17. The van der Waals surface area contributed by atoms with E-state index in [1.165, 1.54) is 14.1 Å². The quantitative estimate of drug-likeness (QED) is 0.635. The van der Waals surface area contributed by atoms with E-state index in [4.69, 9.17) is 9.72 Å². The van der Waals surface area contributed by atoms with Crippen molar-refractivity contribution in [3.05, 3.63) is 35.9 Å². The van der Waals surface area contributed by atoms with Crippen molar-refractivity contribution in [2.45, 2.75) is 12.5 Å². The van der Waals surface area contributed by atoms with Crippen molar-refractivity contribution in [2.75, 3.05) is 38.8 Å². The van der Waals surface area contributed by atoms with Gasteiger partial charge in [0.2, 0.25) is 11.8 Å². The van der Waals surface area contributed by atoms with Crippen molar-refractivity contribution in [3.8, 4) is 0 Å². The van der Waals surface area contributed by atoms with E-state index in [1.54, 1.807) is 0 Å². The lowest BCUT2D eigenvalue weighted by atomic mass is 9.68. The number of amides is 4. The van der Waals surface area contributed by atoms with Crippen molar-refractivity contribution < 1.29 is 19.1 Å². The Labute approximate surface area is 161 Å². The maximum absolute atomic E-state index is 13.4. The summed E-state index contributed by atoms with van der Waals surface area (Å²) in [5.41, 5.74) is 0.317. The van der Waals surface area contributed by atoms with Gasteiger partial charge < -0.3 is 9.64 Å². The van der Waals surface area contributed by atoms with Crippen LogP contribution in [0.1, 0.15) is 5.56 Å². The highest BCUT2D eigenvalue weighted by Gasteiger charge is 2.63. The van der Waals surface area contributed by atoms with Gasteiger partial charge in [-0.25, -0.2) is 9.78 Å². The van der Waals surface area contributed by atoms with E-state index in [-0.39, 0.29) is 13.0 Å². The molecule has 144 valence electrons. The number of pyridine rings is 1. The molecule has 1 aromatic heterocycles. The molecule has 0 bridgehead atoms. The summed E-state index contributed by atoms with van der Waals surface area (Å²) in [7, 11) is 2.86. The van der Waals surface area contributed by atoms with E-state index >= 15 is 0 Å². The molecule has 8 nitrogen and oxygen atoms in total. The molecular weight excluding hydrogens is 360 g/mol. The van der Waals surface area contributed by atoms with Crippen molar-refractivity contribution in [1.29, 1.82) is 0 Å². The molecule has 4 heterocycles. The third-order valence-corrected chi connectivity index (χ3v) is 6.17. The number of carbonyl (C=O) groups excluding carboxylic acids is 3. The van der Waals surface area contributed by atoms with Gasteiger partial charge >= 0.3 is 6.03 Å². The summed E-state index contributed by atoms with van der Waals surface area (Å²) < 4.78 is 5.67. The Morgan fingerprint density at radius 2 is 1.82 bits per heavy atom. The summed E-state index contributed by atoms with van der Waals surface area (Å²) in [4.78, 5) is 48.0. The van der Waals surface area contributed by atoms with Gasteiger partial charge in [0.15, 0.2) is 5.41 Å². The lowest BCUT2D eigenvalue weighted by Gasteiger charge is -2.53. The van der Waals surface area contributed by atoms with Crippen LogP contribution in [0.3, 0.4) is 0 Å². The summed E-state index contributed by atoms with van der Waals surface area (Å²) in [5, 5.41) is 0.955. The number of para-hydroxylation sites is 1. The normalized spacial score (nSPS) is 24.0. The average molecular weight is 380 g/mol. The largest absolute Gasteiger partial charge is 0.377 e. The molecule has 1 unspecified atom stereocenters. The van der Waals surface area contributed by atoms with Crippen LogP contribution in [0.4, 0.5) is 10.6 Å². The number of barbiturate groups is 1. The minimum atomic E-state index is -1.39. The standard InChI is InChI=1S/C20H20N4O4/c1-22-17(25)20(18(26)23(2)19(22)27)10-13-9-12-5-3-4-6-14(12)21-16(13)24-7-8-28-11-15(20)24/h3-6,9,15H,7-8,10-11H2,1-2H3. The van der Waals surface area contributed by atoms with Crippen LogP contribution in [0.25, 0.3) is 10.9 Å². The number of carbonyl (C=O) groups is 3. The minimum absolute atomic E-state index is 0.199. The molecule has 1 aromatic carbocycles. The van der Waals surface area contributed by atoms with Crippen molar-refractivity contribution >= 4 is 34.6 Å². The smallest absolute Gasteiger partial charge is 0.332 e. The highest BCUT2D eigenvalue weighted by Crippen LogP contribution is 2.46. The van der Waals surface area contributed by atoms with E-state index in [0.29, 0.717) is 13.2 Å². The Kier molecular flexibility index (Phi) is 3.51. The molecule has 3 aliphatic heterocycles. The highest BCUT2D eigenvalue weighted by molar-refractivity contribution is 6.20. The number of ether oxygens (including phenoxy) is 1. The summed E-state index contributed by atoms with van der Waals surface area (Å²) in [5.74, 6) is -0.153. The number of nitrogens with zero attached hydrogens (tertiary/aromatic N) is 4. The second-order valence-corrected chi connectivity index (χ2v) is 7.61. The number of urea groups is 1. The molecule has 2 aromatic rings. The van der Waals surface area contributed by atoms with E-state index in [9.17, 15) is 14.4 Å². The number of anilines is 1. The lowest BCUT2D eigenvalue weighted by molar-refractivity contribution is -0.161. The SMILES string of the molecule is CN1C(=O)N(C)C(=O)C2(Cc3cc4ccccc4nc3N3CCOCC32)C1=O. The second-order valence-electron chi connectivity index (χ2n) is 7.61. The minimum Gasteiger partial charge on any atom is -0.377 e. The van der Waals surface area contributed by atoms with Crippen LogP contribution in [0, 0.1) is 5.41 Å². The first-order chi connectivity index (χ1) is 13.4. The molecule has 2 saturated heterocycles. The summed E-state index contributed by atoms with van der Waals surface area (Å²) in [6.07, 6.45) is 0.199. The number of imide groups is 2. The molecular formula is C20H20N4O4. The van der Waals surface area contributed by atoms with E-state index in [1.807, 2.05) is 35.2 Å². The number of rotatable bonds is 0. The van der Waals surface area contributed by atoms with Gasteiger partial charge in [0, 0.05) is 32.4 Å². The molecule has 3 aliphatic rings. The molecule has 1 atom stereocenters. The van der Waals surface area contributed by atoms with Crippen LogP contribution in [0.15, 0.2) is 30.3 Å². The number of aromatic nitrogens is 1. The van der Waals surface area contributed by atoms with E-state index < -0.39 is 29.3 Å². The number of benzene rings is 1. The molecule has 4 amide bonds. The summed E-state index contributed by atoms with van der Waals surface area (Å²) in [6.45, 7) is 1.27. The zero-order valence-electron chi connectivity index (χ0n) is 15.7. The van der Waals surface area contributed by atoms with Gasteiger partial charge in [-0.15, -0.1) is 0 Å². The van der Waals surface area contributed by atoms with Crippen molar-refractivity contribution in [1.82, 2.24) is 14.8 Å². The van der Waals surface area contributed by atoms with Crippen molar-refractivity contribution in [3.63, 3.8) is 0 Å². The Hall–Kier alpha value is -3.00. The van der Waals surface area contributed by atoms with Crippen LogP contribution in [0.5, 0.6) is 0 Å². The maximum Gasteiger partial charge on any atom is 0.332 e. The molecule has 8 heteroatoms. The Morgan fingerprint density at radius 3 is 2.57 bits per heavy atom. The second kappa shape index (κ2) is 5.75. The topological polar surface area (TPSA) is 83.1 Å². The monoisotopic (exact) mass is 380 g/mol. The van der Waals surface area contributed by atoms with Gasteiger partial charge in [-0.1, -0.05) is 18.2 Å². The molecule has 28 heavy (non-hydrogen) atoms. The van der Waals surface area contributed by atoms with E-state index in [2.05, 4.69) is 0 Å². The first kappa shape index (κ1) is 17.1. The van der Waals surface area contributed by atoms with Gasteiger partial charge in [-0.3, -0.25) is 19.4 Å². The predicted octanol–water partition coefficient (Wildman–Crippen LogP) is 1.03. The van der Waals surface area contributed by atoms with Gasteiger partial charge in [-0.05, 0) is 17.7 Å². The third kappa shape index (κ3) is 2.03. The maximum atomic E-state index is 13.4. The van der Waals surface area contributed by atoms with Crippen LogP contribution in [-0.4, -0.2) is 72.5 Å². The van der Waals surface area contributed by atoms with Gasteiger partial charge in [0.05, 0.1) is 24.8 Å². The van der Waals surface area contributed by atoms with Crippen molar-refractivity contribution in [2.24, 2.45) is 5.41 Å². The average Bonchev–Trinajstić information content (AvgIpc) is 2.73. The number of hydrogen-bond donors (Lipinski definition) is 0. The first-order valence-corrected chi connectivity index (χ1v) is 9.28. The Balaban J connectivity index is 1.74. The van der Waals surface area contributed by atoms with E-state index in [0.717, 1.165) is 32.1 Å². The predicted molar refractivity (Wildman–Crippen MR) is 101 cm³/mol. The fraction of sp³-hybridized carbons (Fsp3) is 0.400. The molecule has 0 N–H and O–H groups in total. The molecule has 1 spiro atoms. The highest BCUT2D eigenvalue weighted by atomic mass is 16.5. The van der Waals surface area contributed by atoms with Gasteiger partial charge in [-0.2, -0.15) is 0 Å². The van der Waals surface area contributed by atoms with Crippen LogP contribution in [-0.2, 0) is 20.7 Å². The van der Waals surface area contributed by atoms with Gasteiger partial charge in [0.25, 0.3) is 0 Å². The van der Waals surface area contributed by atoms with Crippen LogP contribution in [0.2, 0.25) is 0 Å². The Bertz CT molecular complexity index is 1010. The lowest BCUT2D eigenvalue weighted by Crippen LogP contribution is -2.73. The molecule has 0 radical (unpaired) electrons. The fourth-order valence-corrected chi connectivity index (χ4v) is 4.74. The fourth-order valence-electron chi connectivity index (χ4n) is 4.74. The molecule has 2 fully saturated rings. The Morgan fingerprint density at radius 1 is 1.11 bits per heavy atom. The summed E-state index contributed by atoms with van der Waals surface area (Å²) in [6, 6.07) is 8.68. The molecule has 0 saturated carbocycles. The summed E-state index contributed by atoms with van der Waals surface area (Å²) >= 11 is 0. The van der Waals surface area contributed by atoms with Gasteiger partial charge in [0.1, 0.15) is 5.82 Å². The zero-order chi connectivity index (χ0) is 19.6. The molecule has 0 aliphatic carbocycles. The van der Waals surface area contributed by atoms with Crippen LogP contribution < -0.4 is 4.90 Å². The molecule has 5 rings (SSSR count). The number of hydrogen-bond acceptors (Lipinski definition) is 6.